The van der Waals surface area contributed by atoms with Gasteiger partial charge in [0.2, 0.25) is 5.91 Å². The van der Waals surface area contributed by atoms with Gasteiger partial charge in [-0.15, -0.1) is 0 Å². The van der Waals surface area contributed by atoms with Crippen LogP contribution in [0.4, 0.5) is 0 Å². The van der Waals surface area contributed by atoms with Gasteiger partial charge in [0.1, 0.15) is 6.17 Å². The van der Waals surface area contributed by atoms with Crippen molar-refractivity contribution in [2.45, 2.75) is 19.1 Å². The van der Waals surface area contributed by atoms with E-state index in [0.717, 1.165) is 31.1 Å². The Morgan fingerprint density at radius 1 is 1.38 bits per heavy atom. The van der Waals surface area contributed by atoms with Crippen molar-refractivity contribution in [2.24, 2.45) is 10.9 Å². The highest BCUT2D eigenvalue weighted by atomic mass is 35.5. The van der Waals surface area contributed by atoms with Crippen molar-refractivity contribution in [1.82, 2.24) is 26.4 Å². The normalized spacial score (nSPS) is 28.2. The summed E-state index contributed by atoms with van der Waals surface area (Å²) in [6, 6.07) is 6.10. The van der Waals surface area contributed by atoms with E-state index in [1.807, 2.05) is 12.1 Å². The standard InChI is InChI=1S/C16H21ClN6O/c17-13-3-1-2-10-9-23(6-4-11(10)13)7-5-18-16-20-14-12(8-19-22-14)15(24)21-16/h1-3,12,14,19,22H,4-9H2,(H2,18,20,21,24). The minimum atomic E-state index is -0.0905. The second-order valence-corrected chi connectivity index (χ2v) is 6.78. The molecule has 2 fully saturated rings. The Morgan fingerprint density at radius 3 is 3.21 bits per heavy atom. The number of guanidine groups is 1. The van der Waals surface area contributed by atoms with Gasteiger partial charge < -0.3 is 5.32 Å². The number of nitrogens with one attached hydrogen (secondary N) is 4. The third-order valence-electron chi connectivity index (χ3n) is 4.83. The van der Waals surface area contributed by atoms with Crippen LogP contribution in [0.25, 0.3) is 0 Å². The number of hydrogen-bond acceptors (Lipinski definition) is 5. The number of fused-ring (bicyclic) bond motifs is 2. The van der Waals surface area contributed by atoms with Crippen molar-refractivity contribution in [3.05, 3.63) is 34.3 Å². The van der Waals surface area contributed by atoms with Gasteiger partial charge in [-0.05, 0) is 23.6 Å². The van der Waals surface area contributed by atoms with Gasteiger partial charge in [0.05, 0.1) is 12.5 Å². The summed E-state index contributed by atoms with van der Waals surface area (Å²) in [7, 11) is 0. The number of carbonyl (C=O) groups excluding carboxylic acids is 1. The number of aliphatic imine (C=N–C) groups is 1. The fraction of sp³-hybridized carbons (Fsp3) is 0.500. The minimum absolute atomic E-state index is 0.0107. The molecule has 24 heavy (non-hydrogen) atoms. The Morgan fingerprint density at radius 2 is 2.29 bits per heavy atom. The molecule has 7 nitrogen and oxygen atoms in total. The van der Waals surface area contributed by atoms with E-state index in [-0.39, 0.29) is 18.0 Å². The van der Waals surface area contributed by atoms with Gasteiger partial charge in [-0.2, -0.15) is 0 Å². The van der Waals surface area contributed by atoms with Crippen molar-refractivity contribution in [2.75, 3.05) is 26.2 Å². The number of halogens is 1. The van der Waals surface area contributed by atoms with Crippen molar-refractivity contribution < 1.29 is 4.79 Å². The molecule has 1 aromatic rings. The quantitative estimate of drug-likeness (QED) is 0.609. The van der Waals surface area contributed by atoms with Crippen LogP contribution in [-0.2, 0) is 17.8 Å². The topological polar surface area (TPSA) is 80.8 Å². The molecule has 2 atom stereocenters. The van der Waals surface area contributed by atoms with Gasteiger partial charge in [0.15, 0.2) is 5.96 Å². The third-order valence-corrected chi connectivity index (χ3v) is 5.18. The summed E-state index contributed by atoms with van der Waals surface area (Å²) in [4.78, 5) is 18.9. The lowest BCUT2D eigenvalue weighted by molar-refractivity contribution is -0.124. The Hall–Kier alpha value is -1.67. The number of hydrogen-bond donors (Lipinski definition) is 4. The van der Waals surface area contributed by atoms with E-state index in [4.69, 9.17) is 11.6 Å². The fourth-order valence-electron chi connectivity index (χ4n) is 3.47. The first kappa shape index (κ1) is 15.8. The zero-order chi connectivity index (χ0) is 16.5. The SMILES string of the molecule is O=C1NC(=NCCN2CCc3c(Cl)cccc3C2)NC2NNCC12. The van der Waals surface area contributed by atoms with Crippen LogP contribution >= 0.6 is 11.6 Å². The number of amides is 1. The minimum Gasteiger partial charge on any atom is -0.339 e. The molecule has 0 radical (unpaired) electrons. The number of rotatable bonds is 3. The van der Waals surface area contributed by atoms with E-state index in [9.17, 15) is 4.79 Å². The monoisotopic (exact) mass is 348 g/mol. The number of nitrogens with zero attached hydrogens (tertiary/aromatic N) is 2. The summed E-state index contributed by atoms with van der Waals surface area (Å²) in [5.74, 6) is 0.474. The van der Waals surface area contributed by atoms with Crippen LogP contribution in [-0.4, -0.2) is 49.1 Å². The lowest BCUT2D eigenvalue weighted by atomic mass is 10.00. The first-order valence-corrected chi connectivity index (χ1v) is 8.67. The van der Waals surface area contributed by atoms with E-state index >= 15 is 0 Å². The van der Waals surface area contributed by atoms with Gasteiger partial charge in [-0.25, -0.2) is 5.43 Å². The summed E-state index contributed by atoms with van der Waals surface area (Å²) >= 11 is 6.25. The summed E-state index contributed by atoms with van der Waals surface area (Å²) in [6.45, 7) is 4.01. The van der Waals surface area contributed by atoms with Gasteiger partial charge in [0, 0.05) is 31.2 Å². The van der Waals surface area contributed by atoms with E-state index < -0.39 is 0 Å². The maximum atomic E-state index is 12.0. The molecule has 1 amide bonds. The van der Waals surface area contributed by atoms with E-state index in [1.165, 1.54) is 11.1 Å². The molecule has 0 spiro atoms. The smallest absolute Gasteiger partial charge is 0.234 e. The van der Waals surface area contributed by atoms with Crippen LogP contribution < -0.4 is 21.5 Å². The zero-order valence-electron chi connectivity index (χ0n) is 13.3. The molecule has 3 aliphatic heterocycles. The summed E-state index contributed by atoms with van der Waals surface area (Å²) in [5, 5.41) is 6.92. The lowest BCUT2D eigenvalue weighted by Crippen LogP contribution is -2.61. The molecule has 0 aliphatic carbocycles. The number of carbonyl (C=O) groups is 1. The predicted molar refractivity (Wildman–Crippen MR) is 92.4 cm³/mol. The largest absolute Gasteiger partial charge is 0.339 e. The summed E-state index contributed by atoms with van der Waals surface area (Å²) < 4.78 is 0. The molecular weight excluding hydrogens is 328 g/mol. The van der Waals surface area contributed by atoms with Crippen LogP contribution in [0.2, 0.25) is 5.02 Å². The highest BCUT2D eigenvalue weighted by Gasteiger charge is 2.37. The van der Waals surface area contributed by atoms with Crippen LogP contribution in [0.3, 0.4) is 0 Å². The van der Waals surface area contributed by atoms with Crippen molar-refractivity contribution in [1.29, 1.82) is 0 Å². The highest BCUT2D eigenvalue weighted by molar-refractivity contribution is 6.31. The van der Waals surface area contributed by atoms with Gasteiger partial charge in [-0.1, -0.05) is 23.7 Å². The van der Waals surface area contributed by atoms with Crippen molar-refractivity contribution >= 4 is 23.5 Å². The molecular formula is C16H21ClN6O. The molecule has 3 aliphatic rings. The molecule has 1 aromatic carbocycles. The Kier molecular flexibility index (Phi) is 4.41. The van der Waals surface area contributed by atoms with Gasteiger partial charge >= 0.3 is 0 Å². The molecule has 8 heteroatoms. The average molecular weight is 349 g/mol. The lowest BCUT2D eigenvalue weighted by Gasteiger charge is -2.29. The summed E-state index contributed by atoms with van der Waals surface area (Å²) in [5.41, 5.74) is 8.61. The van der Waals surface area contributed by atoms with Crippen molar-refractivity contribution in [3.63, 3.8) is 0 Å². The van der Waals surface area contributed by atoms with E-state index in [2.05, 4.69) is 37.4 Å². The second-order valence-electron chi connectivity index (χ2n) is 6.38. The Bertz CT molecular complexity index is 679. The molecule has 2 unspecified atom stereocenters. The molecule has 4 N–H and O–H groups in total. The maximum absolute atomic E-state index is 12.0. The Balaban J connectivity index is 1.32. The zero-order valence-corrected chi connectivity index (χ0v) is 14.1. The molecule has 3 heterocycles. The first-order chi connectivity index (χ1) is 11.7. The van der Waals surface area contributed by atoms with E-state index in [0.29, 0.717) is 19.0 Å². The van der Waals surface area contributed by atoms with Crippen LogP contribution in [0.5, 0.6) is 0 Å². The maximum Gasteiger partial charge on any atom is 0.234 e. The third kappa shape index (κ3) is 3.12. The molecule has 0 aromatic heterocycles. The molecule has 2 saturated heterocycles. The molecule has 0 bridgehead atoms. The predicted octanol–water partition coefficient (Wildman–Crippen LogP) is -0.176. The van der Waals surface area contributed by atoms with Gasteiger partial charge in [-0.3, -0.25) is 25.4 Å². The number of benzene rings is 1. The average Bonchev–Trinajstić information content (AvgIpc) is 3.04. The van der Waals surface area contributed by atoms with Crippen molar-refractivity contribution in [3.8, 4) is 0 Å². The molecule has 128 valence electrons. The first-order valence-electron chi connectivity index (χ1n) is 8.29. The van der Waals surface area contributed by atoms with Crippen LogP contribution in [0, 0.1) is 5.92 Å². The number of hydrazine groups is 1. The Labute approximate surface area is 145 Å². The summed E-state index contributed by atoms with van der Waals surface area (Å²) in [6.07, 6.45) is 0.890. The molecule has 0 saturated carbocycles. The second kappa shape index (κ2) is 6.68. The van der Waals surface area contributed by atoms with Crippen LogP contribution in [0.1, 0.15) is 11.1 Å². The van der Waals surface area contributed by atoms with Crippen LogP contribution in [0.15, 0.2) is 23.2 Å². The van der Waals surface area contributed by atoms with E-state index in [1.54, 1.807) is 0 Å². The molecule has 4 rings (SSSR count). The fourth-order valence-corrected chi connectivity index (χ4v) is 3.76. The highest BCUT2D eigenvalue weighted by Crippen LogP contribution is 2.25. The van der Waals surface area contributed by atoms with Gasteiger partial charge in [0.25, 0.3) is 0 Å².